The quantitative estimate of drug-likeness (QED) is 0.666. The molecular weight excluding hydrogens is 474 g/mol. The predicted molar refractivity (Wildman–Crippen MR) is 99.7 cm³/mol. The molecular formula is C20H23FN3O2Pr-. The van der Waals surface area contributed by atoms with Gasteiger partial charge in [-0.2, -0.15) is 0 Å². The third kappa shape index (κ3) is 5.47. The zero-order chi connectivity index (χ0) is 18.7. The number of β-amino-alcohol motifs (C(OH)–C–C–N with tert-alkyl or cyclic N) is 1. The van der Waals surface area contributed by atoms with Crippen LogP contribution >= 0.6 is 0 Å². The first-order valence-electron chi connectivity index (χ1n) is 8.69. The molecule has 2 aromatic carbocycles. The summed E-state index contributed by atoms with van der Waals surface area (Å²) in [4.78, 5) is 15.2. The molecule has 0 saturated carbocycles. The van der Waals surface area contributed by atoms with Crippen LogP contribution in [0.3, 0.4) is 0 Å². The Balaban J connectivity index is 0.00000261. The maximum Gasteiger partial charge on any atom is 0.147 e. The maximum absolute atomic E-state index is 14.6. The van der Waals surface area contributed by atoms with Crippen LogP contribution in [0.2, 0.25) is 0 Å². The van der Waals surface area contributed by atoms with Crippen LogP contribution in [0.15, 0.2) is 48.5 Å². The van der Waals surface area contributed by atoms with Gasteiger partial charge in [-0.05, 0) is 24.1 Å². The molecule has 0 aromatic heterocycles. The second-order valence-corrected chi connectivity index (χ2v) is 6.73. The third-order valence-corrected chi connectivity index (χ3v) is 4.92. The molecule has 1 radical (unpaired) electrons. The van der Waals surface area contributed by atoms with Gasteiger partial charge in [-0.3, -0.25) is 4.90 Å². The van der Waals surface area contributed by atoms with E-state index >= 15 is 0 Å². The van der Waals surface area contributed by atoms with Crippen LogP contribution in [0, 0.1) is 47.1 Å². The summed E-state index contributed by atoms with van der Waals surface area (Å²) in [6.07, 6.45) is 0.440. The van der Waals surface area contributed by atoms with Gasteiger partial charge in [-0.25, -0.2) is 4.39 Å². The molecule has 27 heavy (non-hydrogen) atoms. The number of likely N-dealkylation sites (N-methyl/N-ethyl adjacent to an activating group) is 1. The molecule has 1 saturated heterocycles. The summed E-state index contributed by atoms with van der Waals surface area (Å²) in [5.74, 6) is -1.42. The van der Waals surface area contributed by atoms with E-state index in [9.17, 15) is 14.3 Å². The first-order valence-corrected chi connectivity index (χ1v) is 8.69. The molecule has 2 aromatic rings. The number of amides is 1. The smallest absolute Gasteiger partial charge is 0.147 e. The van der Waals surface area contributed by atoms with Crippen LogP contribution in [-0.4, -0.2) is 48.7 Å². The third-order valence-electron chi connectivity index (χ3n) is 4.92. The summed E-state index contributed by atoms with van der Waals surface area (Å²) in [7, 11) is 1.82. The van der Waals surface area contributed by atoms with E-state index in [2.05, 4.69) is 4.90 Å². The van der Waals surface area contributed by atoms with E-state index in [-0.39, 0.29) is 59.0 Å². The first-order chi connectivity index (χ1) is 12.5. The summed E-state index contributed by atoms with van der Waals surface area (Å²) >= 11 is 0. The molecule has 0 unspecified atom stereocenters. The topological polar surface area (TPSA) is 67.6 Å². The molecule has 1 heterocycles. The van der Waals surface area contributed by atoms with Gasteiger partial charge in [0.15, 0.2) is 0 Å². The van der Waals surface area contributed by atoms with Crippen molar-refractivity contribution in [2.75, 3.05) is 31.6 Å². The van der Waals surface area contributed by atoms with E-state index < -0.39 is 11.7 Å². The molecule has 2 atom stereocenters. The minimum absolute atomic E-state index is 0. The van der Waals surface area contributed by atoms with Gasteiger partial charge in [-0.1, -0.05) is 36.4 Å². The second-order valence-electron chi connectivity index (χ2n) is 6.73. The minimum atomic E-state index is -0.899. The SMILES string of the molecule is CN(c1ccc(C([NH-])=O)cc1F)[C@H](CN1CC[C@H](O)C1)c1ccccc1.[Pr]. The van der Waals surface area contributed by atoms with Gasteiger partial charge >= 0.3 is 0 Å². The average molecular weight is 497 g/mol. The number of carbonyl (C=O) groups excluding carboxylic acids is 1. The van der Waals surface area contributed by atoms with Crippen molar-refractivity contribution in [1.82, 2.24) is 4.90 Å². The Morgan fingerprint density at radius 2 is 2.04 bits per heavy atom. The van der Waals surface area contributed by atoms with Gasteiger partial charge in [0, 0.05) is 73.5 Å². The first kappa shape index (κ1) is 22.2. The molecule has 141 valence electrons. The normalized spacial score (nSPS) is 18.0. The van der Waals surface area contributed by atoms with Crippen molar-refractivity contribution >= 4 is 11.6 Å². The van der Waals surface area contributed by atoms with Crippen LogP contribution in [-0.2, 0) is 0 Å². The van der Waals surface area contributed by atoms with Crippen LogP contribution in [0.4, 0.5) is 10.1 Å². The summed E-state index contributed by atoms with van der Waals surface area (Å²) in [5.41, 5.74) is 8.60. The largest absolute Gasteiger partial charge is 0.664 e. The number of aliphatic hydroxyl groups is 1. The summed E-state index contributed by atoms with van der Waals surface area (Å²) in [6, 6.07) is 13.9. The Labute approximate surface area is 192 Å². The number of anilines is 1. The van der Waals surface area contributed by atoms with Crippen LogP contribution in [0.5, 0.6) is 0 Å². The van der Waals surface area contributed by atoms with Crippen LogP contribution in [0.25, 0.3) is 5.73 Å². The van der Waals surface area contributed by atoms with Crippen molar-refractivity contribution in [3.8, 4) is 0 Å². The van der Waals surface area contributed by atoms with Crippen molar-refractivity contribution in [2.24, 2.45) is 0 Å². The van der Waals surface area contributed by atoms with Crippen molar-refractivity contribution in [3.05, 3.63) is 71.2 Å². The Bertz CT molecular complexity index is 775. The number of nitrogens with one attached hydrogen (secondary N) is 1. The Morgan fingerprint density at radius 1 is 1.33 bits per heavy atom. The molecule has 1 amide bonds. The average Bonchev–Trinajstić information content (AvgIpc) is 3.04. The van der Waals surface area contributed by atoms with E-state index in [1.54, 1.807) is 6.07 Å². The van der Waals surface area contributed by atoms with Gasteiger partial charge < -0.3 is 20.5 Å². The summed E-state index contributed by atoms with van der Waals surface area (Å²) < 4.78 is 14.6. The number of benzene rings is 2. The van der Waals surface area contributed by atoms with Crippen molar-refractivity contribution in [2.45, 2.75) is 18.6 Å². The number of aliphatic hydroxyl groups excluding tert-OH is 1. The van der Waals surface area contributed by atoms with Gasteiger partial charge in [0.2, 0.25) is 0 Å². The second kappa shape index (κ2) is 9.92. The Morgan fingerprint density at radius 3 is 2.59 bits per heavy atom. The monoisotopic (exact) mass is 497 g/mol. The molecule has 1 aliphatic rings. The van der Waals surface area contributed by atoms with Crippen molar-refractivity contribution in [3.63, 3.8) is 0 Å². The molecule has 0 aliphatic carbocycles. The van der Waals surface area contributed by atoms with Crippen molar-refractivity contribution < 1.29 is 55.6 Å². The fourth-order valence-electron chi connectivity index (χ4n) is 3.45. The number of nitrogens with zero attached hydrogens (tertiary/aromatic N) is 2. The zero-order valence-corrected chi connectivity index (χ0v) is 19.0. The number of hydrogen-bond acceptors (Lipinski definition) is 4. The molecule has 3 rings (SSSR count). The van der Waals surface area contributed by atoms with Gasteiger partial charge in [-0.15, -0.1) is 0 Å². The van der Waals surface area contributed by atoms with Gasteiger partial charge in [0.05, 0.1) is 23.7 Å². The molecule has 7 heteroatoms. The number of carbonyl (C=O) groups is 1. The predicted octanol–water partition coefficient (Wildman–Crippen LogP) is 3.26. The number of likely N-dealkylation sites (tertiary alicyclic amines) is 1. The van der Waals surface area contributed by atoms with E-state index in [0.29, 0.717) is 18.8 Å². The van der Waals surface area contributed by atoms with Crippen LogP contribution < -0.4 is 4.90 Å². The van der Waals surface area contributed by atoms with E-state index in [4.69, 9.17) is 5.73 Å². The Kier molecular flexibility index (Phi) is 8.16. The molecule has 2 N–H and O–H groups in total. The minimum Gasteiger partial charge on any atom is -0.664 e. The fraction of sp³-hybridized carbons (Fsp3) is 0.350. The molecule has 1 aliphatic heterocycles. The number of halogens is 1. The molecule has 1 fully saturated rings. The zero-order valence-electron chi connectivity index (χ0n) is 15.3. The number of hydrogen-bond donors (Lipinski definition) is 1. The fourth-order valence-corrected chi connectivity index (χ4v) is 3.45. The van der Waals surface area contributed by atoms with Gasteiger partial charge in [0.25, 0.3) is 0 Å². The Hall–Kier alpha value is -1.08. The maximum atomic E-state index is 14.6. The van der Waals surface area contributed by atoms with E-state index in [1.165, 1.54) is 6.07 Å². The number of rotatable bonds is 6. The van der Waals surface area contributed by atoms with E-state index in [1.807, 2.05) is 42.3 Å². The summed E-state index contributed by atoms with van der Waals surface area (Å²) in [5, 5.41) is 9.80. The molecule has 0 spiro atoms. The van der Waals surface area contributed by atoms with Crippen LogP contribution in [0.1, 0.15) is 28.4 Å². The molecule has 0 bridgehead atoms. The van der Waals surface area contributed by atoms with E-state index in [0.717, 1.165) is 24.6 Å². The van der Waals surface area contributed by atoms with Gasteiger partial charge in [0.1, 0.15) is 5.82 Å². The standard InChI is InChI=1S/C20H24FN3O2.Pr/c1-23(18-8-7-15(20(22)26)11-17(18)21)19(14-5-3-2-4-6-14)13-24-10-9-16(25)12-24;/h2-8,11,16,19,25H,9-10,12-13H2,1H3,(H2,22,26);/p-1/t16-,19+;/m0./s1. The molecule has 5 nitrogen and oxygen atoms in total. The summed E-state index contributed by atoms with van der Waals surface area (Å²) in [6.45, 7) is 2.09. The van der Waals surface area contributed by atoms with Crippen molar-refractivity contribution in [1.29, 1.82) is 0 Å².